The van der Waals surface area contributed by atoms with E-state index >= 15 is 0 Å². The molecule has 0 aromatic rings. The van der Waals surface area contributed by atoms with E-state index < -0.39 is 11.0 Å². The van der Waals surface area contributed by atoms with E-state index in [1.807, 2.05) is 0 Å². The van der Waals surface area contributed by atoms with Crippen LogP contribution in [0.4, 0.5) is 0 Å². The minimum Gasteiger partial charge on any atom is -0.265 e. The largest absolute Gasteiger partial charge is 0.265 e. The van der Waals surface area contributed by atoms with Crippen molar-refractivity contribution in [2.24, 2.45) is 10.5 Å². The van der Waals surface area contributed by atoms with E-state index in [9.17, 15) is 10.1 Å². The highest BCUT2D eigenvalue weighted by atomic mass is 16.6. The molecule has 0 fully saturated rings. The van der Waals surface area contributed by atoms with Crippen LogP contribution in [-0.4, -0.2) is 17.5 Å². The van der Waals surface area contributed by atoms with Crippen LogP contribution in [0.1, 0.15) is 20.8 Å². The van der Waals surface area contributed by atoms with Crippen molar-refractivity contribution in [3.8, 4) is 0 Å². The lowest BCUT2D eigenvalue weighted by molar-refractivity contribution is -0.484. The Balaban J connectivity index is 4.44. The van der Waals surface area contributed by atoms with E-state index in [4.69, 9.17) is 5.53 Å². The first kappa shape index (κ1) is 10.7. The lowest BCUT2D eigenvalue weighted by Crippen LogP contribution is -2.31. The molecule has 0 bridgehead atoms. The molecule has 68 valence electrons. The third-order valence-corrected chi connectivity index (χ3v) is 1.51. The Bertz CT molecular complexity index is 214. The first-order valence-electron chi connectivity index (χ1n) is 3.54. The molecular formula is C6H12N4O2. The van der Waals surface area contributed by atoms with Gasteiger partial charge in [-0.05, 0) is 10.9 Å². The summed E-state index contributed by atoms with van der Waals surface area (Å²) in [4.78, 5) is 12.3. The molecule has 0 aliphatic heterocycles. The highest BCUT2D eigenvalue weighted by Crippen LogP contribution is 2.22. The summed E-state index contributed by atoms with van der Waals surface area (Å²) in [6, 6.07) is -0.586. The Labute approximate surface area is 70.4 Å². The van der Waals surface area contributed by atoms with E-state index in [1.54, 1.807) is 20.8 Å². The van der Waals surface area contributed by atoms with Crippen LogP contribution < -0.4 is 0 Å². The number of azide groups is 1. The topological polar surface area (TPSA) is 91.9 Å². The second-order valence-electron chi connectivity index (χ2n) is 3.60. The van der Waals surface area contributed by atoms with Crippen molar-refractivity contribution in [2.45, 2.75) is 26.8 Å². The van der Waals surface area contributed by atoms with Gasteiger partial charge in [-0.2, -0.15) is 0 Å². The molecule has 0 aromatic heterocycles. The maximum atomic E-state index is 10.2. The zero-order chi connectivity index (χ0) is 9.78. The number of nitrogens with zero attached hydrogens (tertiary/aromatic N) is 4. The van der Waals surface area contributed by atoms with Gasteiger partial charge >= 0.3 is 0 Å². The second-order valence-corrected chi connectivity index (χ2v) is 3.60. The minimum atomic E-state index is -0.586. The summed E-state index contributed by atoms with van der Waals surface area (Å²) in [7, 11) is 0. The van der Waals surface area contributed by atoms with Crippen molar-refractivity contribution in [1.29, 1.82) is 0 Å². The number of nitro groups is 1. The summed E-state index contributed by atoms with van der Waals surface area (Å²) in [6.45, 7) is 5.09. The molecule has 0 rings (SSSR count). The fourth-order valence-electron chi connectivity index (χ4n) is 0.687. The zero-order valence-corrected chi connectivity index (χ0v) is 7.39. The van der Waals surface area contributed by atoms with Gasteiger partial charge in [0.1, 0.15) is 6.04 Å². The van der Waals surface area contributed by atoms with Crippen LogP contribution >= 0.6 is 0 Å². The predicted octanol–water partition coefficient (Wildman–Crippen LogP) is 1.99. The van der Waals surface area contributed by atoms with Gasteiger partial charge in [-0.3, -0.25) is 10.1 Å². The van der Waals surface area contributed by atoms with Gasteiger partial charge in [-0.15, -0.1) is 0 Å². The Morgan fingerprint density at radius 2 is 2.17 bits per heavy atom. The van der Waals surface area contributed by atoms with Gasteiger partial charge in [-0.25, -0.2) is 0 Å². The van der Waals surface area contributed by atoms with Gasteiger partial charge in [0.05, 0.1) is 0 Å². The molecule has 6 nitrogen and oxygen atoms in total. The van der Waals surface area contributed by atoms with Crippen LogP contribution in [-0.2, 0) is 0 Å². The lowest BCUT2D eigenvalue weighted by Gasteiger charge is -2.22. The molecule has 0 N–H and O–H groups in total. The summed E-state index contributed by atoms with van der Waals surface area (Å²) in [5.74, 6) is 0. The number of hydrogen-bond acceptors (Lipinski definition) is 3. The van der Waals surface area contributed by atoms with Crippen LogP contribution in [0, 0.1) is 15.5 Å². The van der Waals surface area contributed by atoms with Crippen molar-refractivity contribution < 1.29 is 4.92 Å². The molecule has 0 aromatic carbocycles. The van der Waals surface area contributed by atoms with Crippen LogP contribution in [0.3, 0.4) is 0 Å². The number of hydrogen-bond donors (Lipinski definition) is 0. The lowest BCUT2D eigenvalue weighted by atomic mass is 9.87. The van der Waals surface area contributed by atoms with Gasteiger partial charge < -0.3 is 0 Å². The standard InChI is InChI=1S/C6H12N4O2/c1-6(2,3)5(8-9-7)4-10(11)12/h5H,4H2,1-3H3/t5-/m0/s1. The first-order valence-corrected chi connectivity index (χ1v) is 3.54. The zero-order valence-electron chi connectivity index (χ0n) is 7.39. The summed E-state index contributed by atoms with van der Waals surface area (Å²) in [5.41, 5.74) is 7.79. The molecule has 12 heavy (non-hydrogen) atoms. The molecule has 0 radical (unpaired) electrons. The summed E-state index contributed by atoms with van der Waals surface area (Å²) in [5, 5.41) is 13.5. The monoisotopic (exact) mass is 172 g/mol. The number of rotatable bonds is 3. The Kier molecular flexibility index (Phi) is 3.50. The summed E-state index contributed by atoms with van der Waals surface area (Å²) >= 11 is 0. The Morgan fingerprint density at radius 1 is 1.67 bits per heavy atom. The quantitative estimate of drug-likeness (QED) is 0.214. The average molecular weight is 172 g/mol. The van der Waals surface area contributed by atoms with Gasteiger partial charge in [0.2, 0.25) is 6.54 Å². The highest BCUT2D eigenvalue weighted by Gasteiger charge is 2.27. The molecular weight excluding hydrogens is 160 g/mol. The van der Waals surface area contributed by atoms with Crippen LogP contribution in [0.15, 0.2) is 5.11 Å². The molecule has 0 saturated heterocycles. The van der Waals surface area contributed by atoms with Crippen molar-refractivity contribution >= 4 is 0 Å². The average Bonchev–Trinajstić information content (AvgIpc) is 1.83. The predicted molar refractivity (Wildman–Crippen MR) is 44.3 cm³/mol. The molecule has 0 spiro atoms. The summed E-state index contributed by atoms with van der Waals surface area (Å²) < 4.78 is 0. The van der Waals surface area contributed by atoms with Crippen LogP contribution in [0.25, 0.3) is 10.4 Å². The molecule has 0 heterocycles. The smallest absolute Gasteiger partial charge is 0.212 e. The SMILES string of the molecule is CC(C)(C)[C@H](C[N+](=O)[O-])N=[N+]=[N-]. The fraction of sp³-hybridized carbons (Fsp3) is 1.00. The van der Waals surface area contributed by atoms with Crippen molar-refractivity contribution in [1.82, 2.24) is 0 Å². The van der Waals surface area contributed by atoms with E-state index in [-0.39, 0.29) is 12.0 Å². The molecule has 0 aliphatic carbocycles. The minimum absolute atomic E-state index is 0.312. The summed E-state index contributed by atoms with van der Waals surface area (Å²) in [6.07, 6.45) is 0. The van der Waals surface area contributed by atoms with Crippen molar-refractivity contribution in [3.63, 3.8) is 0 Å². The molecule has 0 aliphatic rings. The van der Waals surface area contributed by atoms with Gasteiger partial charge in [0.15, 0.2) is 0 Å². The van der Waals surface area contributed by atoms with Gasteiger partial charge in [0, 0.05) is 9.84 Å². The highest BCUT2D eigenvalue weighted by molar-refractivity contribution is 4.79. The molecule has 1 atom stereocenters. The Morgan fingerprint density at radius 3 is 2.42 bits per heavy atom. The third-order valence-electron chi connectivity index (χ3n) is 1.51. The second kappa shape index (κ2) is 3.92. The molecule has 0 saturated carbocycles. The molecule has 0 unspecified atom stereocenters. The van der Waals surface area contributed by atoms with E-state index in [0.717, 1.165) is 0 Å². The van der Waals surface area contributed by atoms with Crippen molar-refractivity contribution in [2.75, 3.05) is 6.54 Å². The maximum Gasteiger partial charge on any atom is 0.212 e. The van der Waals surface area contributed by atoms with E-state index in [0.29, 0.717) is 0 Å². The van der Waals surface area contributed by atoms with Gasteiger partial charge in [0.25, 0.3) is 0 Å². The maximum absolute atomic E-state index is 10.2. The molecule has 0 amide bonds. The normalized spacial score (nSPS) is 13.2. The molecule has 6 heteroatoms. The first-order chi connectivity index (χ1) is 5.38. The van der Waals surface area contributed by atoms with Gasteiger partial charge in [-0.1, -0.05) is 25.9 Å². The third kappa shape index (κ3) is 3.78. The fourth-order valence-corrected chi connectivity index (χ4v) is 0.687. The van der Waals surface area contributed by atoms with E-state index in [1.165, 1.54) is 0 Å². The Hall–Kier alpha value is -1.29. The van der Waals surface area contributed by atoms with Crippen LogP contribution in [0.2, 0.25) is 0 Å². The van der Waals surface area contributed by atoms with Crippen LogP contribution in [0.5, 0.6) is 0 Å². The van der Waals surface area contributed by atoms with Crippen molar-refractivity contribution in [3.05, 3.63) is 20.6 Å². The van der Waals surface area contributed by atoms with E-state index in [2.05, 4.69) is 10.0 Å².